The summed E-state index contributed by atoms with van der Waals surface area (Å²) in [6, 6.07) is 8.51. The first-order valence-electron chi connectivity index (χ1n) is 7.34. The van der Waals surface area contributed by atoms with Crippen LogP contribution in [0.2, 0.25) is 0 Å². The van der Waals surface area contributed by atoms with Gasteiger partial charge in [-0.05, 0) is 37.3 Å². The lowest BCUT2D eigenvalue weighted by atomic mass is 10.1. The third-order valence-electron chi connectivity index (χ3n) is 3.30. The van der Waals surface area contributed by atoms with Crippen molar-refractivity contribution in [1.82, 2.24) is 10.2 Å². The molecule has 1 aromatic rings. The number of thioether (sulfide) groups is 1. The second-order valence-corrected chi connectivity index (χ2v) is 5.73. The van der Waals surface area contributed by atoms with Crippen molar-refractivity contribution < 1.29 is 0 Å². The molecule has 0 radical (unpaired) electrons. The van der Waals surface area contributed by atoms with E-state index >= 15 is 0 Å². The van der Waals surface area contributed by atoms with Gasteiger partial charge in [-0.25, -0.2) is 0 Å². The SMILES string of the molecule is CCNCc1ccc(SCCN(CC)CC)c(C#N)c1. The molecule has 0 saturated carbocycles. The zero-order valence-corrected chi connectivity index (χ0v) is 13.6. The van der Waals surface area contributed by atoms with Gasteiger partial charge in [0.05, 0.1) is 5.56 Å². The normalized spacial score (nSPS) is 10.8. The minimum Gasteiger partial charge on any atom is -0.313 e. The van der Waals surface area contributed by atoms with Gasteiger partial charge in [-0.3, -0.25) is 0 Å². The molecule has 0 bridgehead atoms. The van der Waals surface area contributed by atoms with Crippen molar-refractivity contribution in [2.45, 2.75) is 32.2 Å². The molecule has 1 N–H and O–H groups in total. The molecule has 0 atom stereocenters. The topological polar surface area (TPSA) is 39.1 Å². The molecule has 0 spiro atoms. The van der Waals surface area contributed by atoms with Crippen LogP contribution >= 0.6 is 11.8 Å². The van der Waals surface area contributed by atoms with E-state index in [9.17, 15) is 5.26 Å². The molecule has 110 valence electrons. The Bertz CT molecular complexity index is 436. The Morgan fingerprint density at radius 3 is 2.60 bits per heavy atom. The Morgan fingerprint density at radius 1 is 1.25 bits per heavy atom. The largest absolute Gasteiger partial charge is 0.313 e. The number of nitrogens with one attached hydrogen (secondary N) is 1. The summed E-state index contributed by atoms with van der Waals surface area (Å²) >= 11 is 1.78. The summed E-state index contributed by atoms with van der Waals surface area (Å²) in [5.74, 6) is 1.03. The monoisotopic (exact) mass is 291 g/mol. The van der Waals surface area contributed by atoms with Gasteiger partial charge >= 0.3 is 0 Å². The zero-order valence-electron chi connectivity index (χ0n) is 12.8. The molecule has 0 saturated heterocycles. The summed E-state index contributed by atoms with van der Waals surface area (Å²) < 4.78 is 0. The molecule has 0 amide bonds. The van der Waals surface area contributed by atoms with Crippen LogP contribution in [-0.2, 0) is 6.54 Å². The van der Waals surface area contributed by atoms with Crippen LogP contribution in [0.1, 0.15) is 31.9 Å². The Labute approximate surface area is 127 Å². The van der Waals surface area contributed by atoms with Crippen molar-refractivity contribution in [3.05, 3.63) is 29.3 Å². The Kier molecular flexibility index (Phi) is 8.36. The Balaban J connectivity index is 2.59. The van der Waals surface area contributed by atoms with E-state index in [-0.39, 0.29) is 0 Å². The lowest BCUT2D eigenvalue weighted by Crippen LogP contribution is -2.25. The van der Waals surface area contributed by atoms with Gasteiger partial charge in [0, 0.05) is 23.7 Å². The van der Waals surface area contributed by atoms with Crippen molar-refractivity contribution in [3.8, 4) is 6.07 Å². The van der Waals surface area contributed by atoms with E-state index in [4.69, 9.17) is 0 Å². The number of benzene rings is 1. The molecule has 1 aromatic carbocycles. The van der Waals surface area contributed by atoms with E-state index in [1.54, 1.807) is 11.8 Å². The number of hydrogen-bond donors (Lipinski definition) is 1. The van der Waals surface area contributed by atoms with Crippen LogP contribution < -0.4 is 5.32 Å². The van der Waals surface area contributed by atoms with Crippen LogP contribution in [0.15, 0.2) is 23.1 Å². The molecule has 0 aliphatic carbocycles. The Hall–Kier alpha value is -1.02. The number of rotatable bonds is 9. The standard InChI is InChI=1S/C16H25N3S/c1-4-18-13-14-7-8-16(15(11-14)12-17)20-10-9-19(5-2)6-3/h7-8,11,18H,4-6,9-10,13H2,1-3H3. The summed E-state index contributed by atoms with van der Waals surface area (Å²) in [6.45, 7) is 11.5. The van der Waals surface area contributed by atoms with E-state index in [1.165, 1.54) is 5.56 Å². The molecular weight excluding hydrogens is 266 g/mol. The molecule has 1 rings (SSSR count). The van der Waals surface area contributed by atoms with Gasteiger partial charge in [-0.15, -0.1) is 11.8 Å². The van der Waals surface area contributed by atoms with Gasteiger partial charge in [-0.1, -0.05) is 26.8 Å². The highest BCUT2D eigenvalue weighted by Crippen LogP contribution is 2.23. The summed E-state index contributed by atoms with van der Waals surface area (Å²) in [4.78, 5) is 3.50. The Morgan fingerprint density at radius 2 is 2.00 bits per heavy atom. The predicted molar refractivity (Wildman–Crippen MR) is 87.0 cm³/mol. The molecule has 0 unspecified atom stereocenters. The van der Waals surface area contributed by atoms with E-state index in [2.05, 4.69) is 49.2 Å². The fraction of sp³-hybridized carbons (Fsp3) is 0.562. The quantitative estimate of drug-likeness (QED) is 0.710. The molecule has 0 aliphatic heterocycles. The van der Waals surface area contributed by atoms with Crippen molar-refractivity contribution in [3.63, 3.8) is 0 Å². The minimum atomic E-state index is 0.796. The first kappa shape index (κ1) is 17.0. The molecule has 20 heavy (non-hydrogen) atoms. The van der Waals surface area contributed by atoms with E-state index in [1.807, 2.05) is 6.07 Å². The maximum Gasteiger partial charge on any atom is 0.100 e. The third kappa shape index (κ3) is 5.54. The van der Waals surface area contributed by atoms with E-state index in [0.717, 1.165) is 48.9 Å². The molecule has 0 aromatic heterocycles. The van der Waals surface area contributed by atoms with Crippen LogP contribution in [0.4, 0.5) is 0 Å². The fourth-order valence-corrected chi connectivity index (χ4v) is 2.99. The average molecular weight is 291 g/mol. The number of nitrogens with zero attached hydrogens (tertiary/aromatic N) is 2. The smallest absolute Gasteiger partial charge is 0.100 e. The van der Waals surface area contributed by atoms with Gasteiger partial charge < -0.3 is 10.2 Å². The molecule has 0 fully saturated rings. The van der Waals surface area contributed by atoms with E-state index < -0.39 is 0 Å². The van der Waals surface area contributed by atoms with Crippen molar-refractivity contribution in [2.75, 3.05) is 31.9 Å². The lowest BCUT2D eigenvalue weighted by Gasteiger charge is -2.17. The van der Waals surface area contributed by atoms with Crippen molar-refractivity contribution in [2.24, 2.45) is 0 Å². The molecule has 3 nitrogen and oxygen atoms in total. The van der Waals surface area contributed by atoms with Gasteiger partial charge in [0.15, 0.2) is 0 Å². The maximum absolute atomic E-state index is 9.27. The summed E-state index contributed by atoms with van der Waals surface area (Å²) in [6.07, 6.45) is 0. The highest BCUT2D eigenvalue weighted by molar-refractivity contribution is 7.99. The first-order valence-corrected chi connectivity index (χ1v) is 8.32. The molecule has 0 heterocycles. The van der Waals surface area contributed by atoms with Gasteiger partial charge in [0.2, 0.25) is 0 Å². The highest BCUT2D eigenvalue weighted by Gasteiger charge is 2.05. The zero-order chi connectivity index (χ0) is 14.8. The lowest BCUT2D eigenvalue weighted by molar-refractivity contribution is 0.324. The van der Waals surface area contributed by atoms with Crippen LogP contribution in [0.3, 0.4) is 0 Å². The maximum atomic E-state index is 9.27. The minimum absolute atomic E-state index is 0.796. The van der Waals surface area contributed by atoms with Crippen LogP contribution in [0.5, 0.6) is 0 Å². The van der Waals surface area contributed by atoms with Crippen molar-refractivity contribution >= 4 is 11.8 Å². The number of hydrogen-bond acceptors (Lipinski definition) is 4. The van der Waals surface area contributed by atoms with E-state index in [0.29, 0.717) is 0 Å². The molecule has 0 aliphatic rings. The van der Waals surface area contributed by atoms with Crippen LogP contribution in [0, 0.1) is 11.3 Å². The number of nitriles is 1. The predicted octanol–water partition coefficient (Wildman–Crippen LogP) is 3.10. The molecule has 4 heteroatoms. The van der Waals surface area contributed by atoms with Crippen LogP contribution in [0.25, 0.3) is 0 Å². The molecular formula is C16H25N3S. The summed E-state index contributed by atoms with van der Waals surface area (Å²) in [5.41, 5.74) is 1.97. The first-order chi connectivity index (χ1) is 9.74. The third-order valence-corrected chi connectivity index (χ3v) is 4.36. The summed E-state index contributed by atoms with van der Waals surface area (Å²) in [5, 5.41) is 12.6. The average Bonchev–Trinajstić information content (AvgIpc) is 2.50. The second-order valence-electron chi connectivity index (χ2n) is 4.60. The highest BCUT2D eigenvalue weighted by atomic mass is 32.2. The van der Waals surface area contributed by atoms with Gasteiger partial charge in [0.25, 0.3) is 0 Å². The van der Waals surface area contributed by atoms with Crippen molar-refractivity contribution in [1.29, 1.82) is 5.26 Å². The summed E-state index contributed by atoms with van der Waals surface area (Å²) in [7, 11) is 0. The van der Waals surface area contributed by atoms with Gasteiger partial charge in [-0.2, -0.15) is 5.26 Å². The van der Waals surface area contributed by atoms with Crippen LogP contribution in [-0.4, -0.2) is 36.8 Å². The second kappa shape index (κ2) is 9.82. The van der Waals surface area contributed by atoms with Gasteiger partial charge in [0.1, 0.15) is 6.07 Å². The fourth-order valence-electron chi connectivity index (χ4n) is 1.99.